The first-order chi connectivity index (χ1) is 10.2. The lowest BCUT2D eigenvalue weighted by molar-refractivity contribution is 0.0979. The van der Waals surface area contributed by atoms with Gasteiger partial charge in [0.1, 0.15) is 0 Å². The Kier molecular flexibility index (Phi) is 2.52. The molecule has 0 saturated heterocycles. The summed E-state index contributed by atoms with van der Waals surface area (Å²) >= 11 is 0. The number of ketones is 2. The number of anilines is 1. The van der Waals surface area contributed by atoms with E-state index in [1.807, 2.05) is 19.2 Å². The molecule has 2 aliphatic rings. The van der Waals surface area contributed by atoms with Gasteiger partial charge in [-0.05, 0) is 31.0 Å². The number of carbonyl (C=O) groups is 2. The van der Waals surface area contributed by atoms with Gasteiger partial charge in [-0.2, -0.15) is 0 Å². The summed E-state index contributed by atoms with van der Waals surface area (Å²) in [4.78, 5) is 27.4. The normalized spacial score (nSPS) is 16.4. The number of hydrogen-bond donors (Lipinski definition) is 0. The summed E-state index contributed by atoms with van der Waals surface area (Å²) in [5, 5.41) is 0. The van der Waals surface area contributed by atoms with Crippen LogP contribution >= 0.6 is 0 Å². The van der Waals surface area contributed by atoms with E-state index in [4.69, 9.17) is 0 Å². The average Bonchev–Trinajstić information content (AvgIpc) is 3.36. The highest BCUT2D eigenvalue weighted by molar-refractivity contribution is 6.28. The molecule has 1 saturated carbocycles. The monoisotopic (exact) mass is 277 g/mol. The fraction of sp³-hybridized carbons (Fsp3) is 0.222. The van der Waals surface area contributed by atoms with Crippen LogP contribution in [0.5, 0.6) is 0 Å². The van der Waals surface area contributed by atoms with Crippen LogP contribution in [0.3, 0.4) is 0 Å². The van der Waals surface area contributed by atoms with Crippen molar-refractivity contribution in [3.63, 3.8) is 0 Å². The van der Waals surface area contributed by atoms with Crippen molar-refractivity contribution in [1.29, 1.82) is 0 Å². The molecular formula is C18H15NO2. The number of nitrogens with zero attached hydrogens (tertiary/aromatic N) is 1. The first-order valence-corrected chi connectivity index (χ1v) is 7.22. The molecule has 0 unspecified atom stereocenters. The van der Waals surface area contributed by atoms with Crippen molar-refractivity contribution in [2.45, 2.75) is 18.9 Å². The van der Waals surface area contributed by atoms with Crippen molar-refractivity contribution in [3.8, 4) is 0 Å². The van der Waals surface area contributed by atoms with E-state index < -0.39 is 0 Å². The maximum atomic E-state index is 12.6. The maximum Gasteiger partial charge on any atom is 0.194 e. The number of benzene rings is 2. The molecule has 0 aromatic heterocycles. The molecular weight excluding hydrogens is 262 g/mol. The zero-order valence-corrected chi connectivity index (χ0v) is 11.8. The molecule has 3 heteroatoms. The van der Waals surface area contributed by atoms with Gasteiger partial charge in [-0.3, -0.25) is 9.59 Å². The summed E-state index contributed by atoms with van der Waals surface area (Å²) in [6, 6.07) is 13.2. The predicted molar refractivity (Wildman–Crippen MR) is 81.2 cm³/mol. The van der Waals surface area contributed by atoms with Gasteiger partial charge in [0, 0.05) is 41.0 Å². The highest BCUT2D eigenvalue weighted by Crippen LogP contribution is 2.34. The topological polar surface area (TPSA) is 37.4 Å². The number of hydrogen-bond acceptors (Lipinski definition) is 3. The van der Waals surface area contributed by atoms with Gasteiger partial charge >= 0.3 is 0 Å². The highest BCUT2D eigenvalue weighted by Gasteiger charge is 2.31. The first kappa shape index (κ1) is 12.3. The predicted octanol–water partition coefficient (Wildman–Crippen LogP) is 3.06. The molecule has 0 aliphatic heterocycles. The van der Waals surface area contributed by atoms with E-state index in [2.05, 4.69) is 4.90 Å². The zero-order chi connectivity index (χ0) is 14.6. The summed E-state index contributed by atoms with van der Waals surface area (Å²) in [5.41, 5.74) is 3.09. The minimum absolute atomic E-state index is 0.0498. The Morgan fingerprint density at radius 2 is 1.43 bits per heavy atom. The summed E-state index contributed by atoms with van der Waals surface area (Å²) in [6.07, 6.45) is 2.40. The molecule has 0 heterocycles. The maximum absolute atomic E-state index is 12.6. The fourth-order valence-corrected chi connectivity index (χ4v) is 2.98. The van der Waals surface area contributed by atoms with Crippen LogP contribution in [0.1, 0.15) is 44.7 Å². The molecule has 0 amide bonds. The molecule has 4 rings (SSSR count). The third-order valence-corrected chi connectivity index (χ3v) is 4.41. The Morgan fingerprint density at radius 1 is 0.857 bits per heavy atom. The van der Waals surface area contributed by atoms with Crippen molar-refractivity contribution >= 4 is 17.3 Å². The molecule has 104 valence electrons. The third-order valence-electron chi connectivity index (χ3n) is 4.41. The minimum atomic E-state index is -0.0548. The van der Waals surface area contributed by atoms with E-state index in [0.717, 1.165) is 5.69 Å². The van der Waals surface area contributed by atoms with Gasteiger partial charge in [-0.25, -0.2) is 0 Å². The van der Waals surface area contributed by atoms with Crippen LogP contribution in [0, 0.1) is 0 Å². The average molecular weight is 277 g/mol. The van der Waals surface area contributed by atoms with Crippen LogP contribution in [0.4, 0.5) is 5.69 Å². The Hall–Kier alpha value is -2.42. The van der Waals surface area contributed by atoms with Gasteiger partial charge in [0.05, 0.1) is 0 Å². The van der Waals surface area contributed by atoms with Crippen molar-refractivity contribution in [3.05, 3.63) is 64.7 Å². The Bertz CT molecular complexity index is 775. The van der Waals surface area contributed by atoms with Crippen molar-refractivity contribution in [2.75, 3.05) is 11.9 Å². The minimum Gasteiger partial charge on any atom is -0.372 e. The van der Waals surface area contributed by atoms with Crippen molar-refractivity contribution in [1.82, 2.24) is 0 Å². The van der Waals surface area contributed by atoms with E-state index in [1.54, 1.807) is 30.3 Å². The lowest BCUT2D eigenvalue weighted by atomic mass is 9.84. The highest BCUT2D eigenvalue weighted by atomic mass is 16.1. The lowest BCUT2D eigenvalue weighted by Crippen LogP contribution is -2.23. The van der Waals surface area contributed by atoms with Crippen LogP contribution in [0.15, 0.2) is 42.5 Å². The van der Waals surface area contributed by atoms with Crippen molar-refractivity contribution < 1.29 is 9.59 Å². The van der Waals surface area contributed by atoms with Gasteiger partial charge in [0.2, 0.25) is 0 Å². The smallest absolute Gasteiger partial charge is 0.194 e. The second kappa shape index (κ2) is 4.29. The van der Waals surface area contributed by atoms with Crippen LogP contribution in [-0.4, -0.2) is 24.7 Å². The van der Waals surface area contributed by atoms with E-state index >= 15 is 0 Å². The Morgan fingerprint density at radius 3 is 2.05 bits per heavy atom. The van der Waals surface area contributed by atoms with Crippen molar-refractivity contribution in [2.24, 2.45) is 0 Å². The molecule has 0 bridgehead atoms. The Balaban J connectivity index is 1.85. The second-order valence-corrected chi connectivity index (χ2v) is 5.78. The zero-order valence-electron chi connectivity index (χ0n) is 11.8. The van der Waals surface area contributed by atoms with E-state index in [1.165, 1.54) is 12.8 Å². The van der Waals surface area contributed by atoms with Crippen LogP contribution in [0.2, 0.25) is 0 Å². The number of carbonyl (C=O) groups excluding carboxylic acids is 2. The molecule has 0 atom stereocenters. The molecule has 1 fully saturated rings. The van der Waals surface area contributed by atoms with Crippen LogP contribution < -0.4 is 4.90 Å². The summed E-state index contributed by atoms with van der Waals surface area (Å²) in [5.74, 6) is -0.105. The van der Waals surface area contributed by atoms with Gasteiger partial charge in [-0.1, -0.05) is 24.3 Å². The SMILES string of the molecule is CN(c1ccc2c(c1)C(=O)c1ccccc1C2=O)C1CC1. The summed E-state index contributed by atoms with van der Waals surface area (Å²) in [6.45, 7) is 0. The molecule has 2 aromatic rings. The molecule has 3 nitrogen and oxygen atoms in total. The van der Waals surface area contributed by atoms with Gasteiger partial charge in [0.25, 0.3) is 0 Å². The lowest BCUT2D eigenvalue weighted by Gasteiger charge is -2.22. The Labute approximate surface area is 123 Å². The molecule has 21 heavy (non-hydrogen) atoms. The number of fused-ring (bicyclic) bond motifs is 2. The summed E-state index contributed by atoms with van der Waals surface area (Å²) < 4.78 is 0. The fourth-order valence-electron chi connectivity index (χ4n) is 2.98. The van der Waals surface area contributed by atoms with Crippen LogP contribution in [-0.2, 0) is 0 Å². The van der Waals surface area contributed by atoms with Gasteiger partial charge in [0.15, 0.2) is 11.6 Å². The van der Waals surface area contributed by atoms with Gasteiger partial charge < -0.3 is 4.90 Å². The van der Waals surface area contributed by atoms with E-state index in [9.17, 15) is 9.59 Å². The van der Waals surface area contributed by atoms with E-state index in [-0.39, 0.29) is 11.6 Å². The van der Waals surface area contributed by atoms with E-state index in [0.29, 0.717) is 28.3 Å². The first-order valence-electron chi connectivity index (χ1n) is 7.22. The molecule has 0 radical (unpaired) electrons. The standard InChI is InChI=1S/C18H15NO2/c1-19(11-6-7-11)12-8-9-15-16(10-12)18(21)14-5-3-2-4-13(14)17(15)20/h2-5,8-11H,6-7H2,1H3. The largest absolute Gasteiger partial charge is 0.372 e. The van der Waals surface area contributed by atoms with Gasteiger partial charge in [-0.15, -0.1) is 0 Å². The third kappa shape index (κ3) is 1.81. The molecule has 0 spiro atoms. The molecule has 2 aromatic carbocycles. The number of rotatable bonds is 2. The van der Waals surface area contributed by atoms with Crippen LogP contribution in [0.25, 0.3) is 0 Å². The molecule has 2 aliphatic carbocycles. The summed E-state index contributed by atoms with van der Waals surface area (Å²) in [7, 11) is 2.04. The second-order valence-electron chi connectivity index (χ2n) is 5.78. The quantitative estimate of drug-likeness (QED) is 0.722. The molecule has 0 N–H and O–H groups in total.